The van der Waals surface area contributed by atoms with Crippen LogP contribution in [0.25, 0.3) is 5.82 Å². The van der Waals surface area contributed by atoms with Crippen molar-refractivity contribution in [3.05, 3.63) is 64.9 Å². The molecular weight excluding hydrogens is 430 g/mol. The van der Waals surface area contributed by atoms with Crippen molar-refractivity contribution in [2.24, 2.45) is 0 Å². The Labute approximate surface area is 171 Å². The lowest BCUT2D eigenvalue weighted by Crippen LogP contribution is -2.29. The summed E-state index contributed by atoms with van der Waals surface area (Å²) in [5.41, 5.74) is -3.24. The van der Waals surface area contributed by atoms with Gasteiger partial charge in [0.05, 0.1) is 29.1 Å². The fraction of sp³-hybridized carbons (Fsp3) is 0.278. The zero-order valence-corrected chi connectivity index (χ0v) is 16.0. The second-order valence-electron chi connectivity index (χ2n) is 6.53. The lowest BCUT2D eigenvalue weighted by Gasteiger charge is -2.17. The molecule has 3 rings (SSSR count). The third kappa shape index (κ3) is 4.98. The minimum absolute atomic E-state index is 0.0489. The normalized spacial score (nSPS) is 13.2. The largest absolute Gasteiger partial charge is 0.416 e. The van der Waals surface area contributed by atoms with E-state index in [0.29, 0.717) is 17.8 Å². The summed E-state index contributed by atoms with van der Waals surface area (Å²) in [4.78, 5) is 21.8. The molecule has 7 nitrogen and oxygen atoms in total. The first kappa shape index (κ1) is 22.2. The second-order valence-corrected chi connectivity index (χ2v) is 6.53. The molecule has 1 N–H and O–H groups in total. The van der Waals surface area contributed by atoms with Gasteiger partial charge in [0.15, 0.2) is 5.82 Å². The van der Waals surface area contributed by atoms with Gasteiger partial charge in [0.25, 0.3) is 5.91 Å². The highest BCUT2D eigenvalue weighted by Gasteiger charge is 2.37. The summed E-state index contributed by atoms with van der Waals surface area (Å²) in [5, 5.41) is 10.4. The number of aromatic nitrogens is 5. The number of carbonyl (C=O) groups is 1. The Hall–Kier alpha value is -3.51. The minimum Gasteiger partial charge on any atom is -0.344 e. The maximum Gasteiger partial charge on any atom is 0.416 e. The summed E-state index contributed by atoms with van der Waals surface area (Å²) in [6, 6.07) is -0.279. The Kier molecular flexibility index (Phi) is 5.70. The van der Waals surface area contributed by atoms with Crippen LogP contribution in [0.3, 0.4) is 0 Å². The van der Waals surface area contributed by atoms with Crippen LogP contribution in [-0.2, 0) is 12.4 Å². The number of nitrogens with zero attached hydrogens (tertiary/aromatic N) is 5. The monoisotopic (exact) mass is 444 g/mol. The van der Waals surface area contributed by atoms with Crippen LogP contribution in [0.1, 0.15) is 45.8 Å². The van der Waals surface area contributed by atoms with Gasteiger partial charge in [-0.05, 0) is 32.0 Å². The van der Waals surface area contributed by atoms with Crippen molar-refractivity contribution in [2.75, 3.05) is 0 Å². The summed E-state index contributed by atoms with van der Waals surface area (Å²) >= 11 is 0. The summed E-state index contributed by atoms with van der Waals surface area (Å²) < 4.78 is 78.2. The van der Waals surface area contributed by atoms with Gasteiger partial charge in [-0.2, -0.15) is 36.5 Å². The van der Waals surface area contributed by atoms with Gasteiger partial charge in [0.1, 0.15) is 5.69 Å². The van der Waals surface area contributed by atoms with E-state index in [-0.39, 0.29) is 17.6 Å². The molecule has 0 saturated heterocycles. The van der Waals surface area contributed by atoms with Gasteiger partial charge >= 0.3 is 12.4 Å². The van der Waals surface area contributed by atoms with Gasteiger partial charge in [0, 0.05) is 18.0 Å². The van der Waals surface area contributed by atoms with Crippen LogP contribution in [0, 0.1) is 6.92 Å². The molecular formula is C18H14F6N6O. The molecule has 13 heteroatoms. The molecule has 0 saturated carbocycles. The molecule has 2 aromatic heterocycles. The van der Waals surface area contributed by atoms with E-state index < -0.39 is 41.0 Å². The van der Waals surface area contributed by atoms with E-state index in [9.17, 15) is 31.1 Å². The van der Waals surface area contributed by atoms with E-state index in [2.05, 4.69) is 25.5 Å². The number of halogens is 6. The predicted octanol–water partition coefficient (Wildman–Crippen LogP) is 3.89. The quantitative estimate of drug-likeness (QED) is 0.617. The van der Waals surface area contributed by atoms with Crippen molar-refractivity contribution in [2.45, 2.75) is 32.2 Å². The molecule has 1 atom stereocenters. The average molecular weight is 444 g/mol. The summed E-state index contributed by atoms with van der Waals surface area (Å²) in [6.45, 7) is 3.12. The molecule has 0 aliphatic carbocycles. The number of aryl methyl sites for hydroxylation is 1. The molecule has 0 spiro atoms. The first-order valence-electron chi connectivity index (χ1n) is 8.67. The van der Waals surface area contributed by atoms with Gasteiger partial charge in [-0.3, -0.25) is 9.78 Å². The molecule has 164 valence electrons. The van der Waals surface area contributed by atoms with Crippen LogP contribution in [0.15, 0.2) is 36.8 Å². The minimum atomic E-state index is -5.07. The first-order valence-corrected chi connectivity index (χ1v) is 8.67. The van der Waals surface area contributed by atoms with E-state index in [0.717, 1.165) is 4.80 Å². The number of carbonyl (C=O) groups excluding carboxylic acids is 1. The summed E-state index contributed by atoms with van der Waals surface area (Å²) in [5.74, 6) is -1.01. The van der Waals surface area contributed by atoms with Crippen molar-refractivity contribution in [3.63, 3.8) is 0 Å². The zero-order valence-electron chi connectivity index (χ0n) is 16.0. The van der Waals surface area contributed by atoms with Crippen LogP contribution in [0.2, 0.25) is 0 Å². The molecule has 1 amide bonds. The highest BCUT2D eigenvalue weighted by molar-refractivity contribution is 5.95. The average Bonchev–Trinajstić information content (AvgIpc) is 3.12. The topological polar surface area (TPSA) is 85.6 Å². The number of amides is 1. The zero-order chi connectivity index (χ0) is 23.0. The Balaban J connectivity index is 1.94. The molecule has 0 bridgehead atoms. The van der Waals surface area contributed by atoms with Gasteiger partial charge in [0.2, 0.25) is 0 Å². The number of hydrogen-bond acceptors (Lipinski definition) is 5. The fourth-order valence-electron chi connectivity index (χ4n) is 2.68. The van der Waals surface area contributed by atoms with E-state index in [4.69, 9.17) is 0 Å². The Morgan fingerprint density at radius 2 is 1.58 bits per heavy atom. The van der Waals surface area contributed by atoms with Crippen molar-refractivity contribution < 1.29 is 31.1 Å². The molecule has 3 aromatic rings. The summed E-state index contributed by atoms with van der Waals surface area (Å²) in [7, 11) is 0. The van der Waals surface area contributed by atoms with Gasteiger partial charge in [-0.1, -0.05) is 0 Å². The fourth-order valence-corrected chi connectivity index (χ4v) is 2.68. The van der Waals surface area contributed by atoms with Crippen molar-refractivity contribution in [1.29, 1.82) is 0 Å². The third-order valence-electron chi connectivity index (χ3n) is 4.11. The number of alkyl halides is 6. The van der Waals surface area contributed by atoms with Gasteiger partial charge in [-0.15, -0.1) is 4.80 Å². The van der Waals surface area contributed by atoms with Crippen LogP contribution in [0.4, 0.5) is 26.3 Å². The molecule has 2 heterocycles. The standard InChI is InChI=1S/C18H14F6N6O/c1-9-8-27-30(29-9)15-14(25-3-4-26-15)10(2)28-16(31)11-5-12(17(19,20)21)7-13(6-11)18(22,23)24/h3-8,10H,1-2H3,(H,28,31). The van der Waals surface area contributed by atoms with Gasteiger partial charge in [-0.25, -0.2) is 4.98 Å². The number of rotatable bonds is 4. The molecule has 1 aromatic carbocycles. The van der Waals surface area contributed by atoms with Crippen LogP contribution in [0.5, 0.6) is 0 Å². The molecule has 0 fully saturated rings. The van der Waals surface area contributed by atoms with E-state index >= 15 is 0 Å². The molecule has 0 aliphatic rings. The van der Waals surface area contributed by atoms with Crippen molar-refractivity contribution in [3.8, 4) is 5.82 Å². The highest BCUT2D eigenvalue weighted by Crippen LogP contribution is 2.36. The Morgan fingerprint density at radius 3 is 2.10 bits per heavy atom. The predicted molar refractivity (Wildman–Crippen MR) is 94.0 cm³/mol. The van der Waals surface area contributed by atoms with Crippen molar-refractivity contribution in [1.82, 2.24) is 30.3 Å². The van der Waals surface area contributed by atoms with E-state index in [1.807, 2.05) is 0 Å². The highest BCUT2D eigenvalue weighted by atomic mass is 19.4. The maximum atomic E-state index is 13.0. The molecule has 0 aliphatic heterocycles. The number of nitrogens with one attached hydrogen (secondary N) is 1. The van der Waals surface area contributed by atoms with Crippen LogP contribution < -0.4 is 5.32 Å². The van der Waals surface area contributed by atoms with Crippen molar-refractivity contribution >= 4 is 5.91 Å². The molecule has 0 radical (unpaired) electrons. The lowest BCUT2D eigenvalue weighted by molar-refractivity contribution is -0.143. The van der Waals surface area contributed by atoms with Gasteiger partial charge < -0.3 is 5.32 Å². The molecule has 1 unspecified atom stereocenters. The first-order chi connectivity index (χ1) is 14.4. The van der Waals surface area contributed by atoms with Crippen LogP contribution in [-0.4, -0.2) is 30.9 Å². The summed E-state index contributed by atoms with van der Waals surface area (Å²) in [6.07, 6.45) is -6.03. The van der Waals surface area contributed by atoms with Crippen LogP contribution >= 0.6 is 0 Å². The molecule has 31 heavy (non-hydrogen) atoms. The number of hydrogen-bond donors (Lipinski definition) is 1. The lowest BCUT2D eigenvalue weighted by atomic mass is 10.0. The second kappa shape index (κ2) is 7.96. The Morgan fingerprint density at radius 1 is 1.00 bits per heavy atom. The number of benzene rings is 1. The Bertz CT molecular complexity index is 1080. The smallest absolute Gasteiger partial charge is 0.344 e. The van der Waals surface area contributed by atoms with E-state index in [1.165, 1.54) is 25.5 Å². The maximum absolute atomic E-state index is 13.0. The van der Waals surface area contributed by atoms with E-state index in [1.54, 1.807) is 6.92 Å². The third-order valence-corrected chi connectivity index (χ3v) is 4.11. The SMILES string of the molecule is Cc1cnn(-c2nccnc2C(C)NC(=O)c2cc(C(F)(F)F)cc(C(F)(F)F)c2)n1.